The van der Waals surface area contributed by atoms with Crippen LogP contribution in [0.2, 0.25) is 0 Å². The van der Waals surface area contributed by atoms with Crippen molar-refractivity contribution in [1.82, 2.24) is 4.98 Å². The summed E-state index contributed by atoms with van der Waals surface area (Å²) in [4.78, 5) is 4.32. The largest absolute Gasteiger partial charge is 0.249 e. The van der Waals surface area contributed by atoms with Crippen LogP contribution in [-0.2, 0) is 0 Å². The van der Waals surface area contributed by atoms with Gasteiger partial charge in [-0.1, -0.05) is 20.8 Å². The first-order chi connectivity index (χ1) is 6.09. The molecule has 0 bridgehead atoms. The minimum absolute atomic E-state index is 0.619. The zero-order valence-corrected chi connectivity index (χ0v) is 10.5. The van der Waals surface area contributed by atoms with Gasteiger partial charge in [0.25, 0.3) is 0 Å². The topological polar surface area (TPSA) is 12.9 Å². The molecule has 0 saturated carbocycles. The second-order valence-electron chi connectivity index (χ2n) is 3.38. The maximum Gasteiger partial charge on any atom is 0.0963 e. The van der Waals surface area contributed by atoms with Crippen LogP contribution in [0.25, 0.3) is 0 Å². The second-order valence-corrected chi connectivity index (χ2v) is 5.69. The number of hydrogen-bond donors (Lipinski definition) is 0. The summed E-state index contributed by atoms with van der Waals surface area (Å²) >= 11 is 5.20. The second kappa shape index (κ2) is 5.01. The lowest BCUT2D eigenvalue weighted by Crippen LogP contribution is -2.05. The number of aromatic nitrogens is 1. The molecule has 0 spiro atoms. The van der Waals surface area contributed by atoms with Gasteiger partial charge in [-0.15, -0.1) is 11.8 Å². The fraction of sp³-hybridized carbons (Fsp3) is 0.500. The lowest BCUT2D eigenvalue weighted by atomic mass is 10.2. The van der Waals surface area contributed by atoms with Crippen LogP contribution in [0.1, 0.15) is 20.8 Å². The Morgan fingerprint density at radius 3 is 2.46 bits per heavy atom. The number of nitrogens with zero attached hydrogens (tertiary/aromatic N) is 1. The van der Waals surface area contributed by atoms with Gasteiger partial charge in [0.1, 0.15) is 0 Å². The molecular formula is C10H14BrNS. The first kappa shape index (κ1) is 11.1. The molecule has 1 atom stereocenters. The first-order valence-electron chi connectivity index (χ1n) is 4.38. The third-order valence-corrected chi connectivity index (χ3v) is 3.81. The Bertz CT molecular complexity index is 258. The number of thioether (sulfide) groups is 1. The average molecular weight is 260 g/mol. The molecule has 1 aromatic rings. The van der Waals surface area contributed by atoms with Crippen LogP contribution >= 0.6 is 27.7 Å². The Morgan fingerprint density at radius 2 is 2.00 bits per heavy atom. The van der Waals surface area contributed by atoms with E-state index < -0.39 is 0 Å². The van der Waals surface area contributed by atoms with Gasteiger partial charge in [0.15, 0.2) is 0 Å². The van der Waals surface area contributed by atoms with Crippen LogP contribution in [-0.4, -0.2) is 10.2 Å². The van der Waals surface area contributed by atoms with Gasteiger partial charge in [0.05, 0.1) is 5.03 Å². The van der Waals surface area contributed by atoms with Gasteiger partial charge in [0, 0.05) is 15.9 Å². The van der Waals surface area contributed by atoms with Gasteiger partial charge in [0.2, 0.25) is 0 Å². The predicted molar refractivity (Wildman–Crippen MR) is 62.1 cm³/mol. The highest BCUT2D eigenvalue weighted by Gasteiger charge is 2.08. The lowest BCUT2D eigenvalue weighted by Gasteiger charge is -2.13. The van der Waals surface area contributed by atoms with Crippen LogP contribution < -0.4 is 0 Å². The third-order valence-electron chi connectivity index (χ3n) is 1.95. The van der Waals surface area contributed by atoms with E-state index in [-0.39, 0.29) is 0 Å². The average Bonchev–Trinajstić information content (AvgIpc) is 2.08. The molecule has 1 nitrogen and oxygen atoms in total. The number of pyridine rings is 1. The molecule has 72 valence electrons. The van der Waals surface area contributed by atoms with Crippen molar-refractivity contribution < 1.29 is 0 Å². The molecule has 1 unspecified atom stereocenters. The summed E-state index contributed by atoms with van der Waals surface area (Å²) in [5, 5.41) is 1.72. The molecule has 1 rings (SSSR count). The van der Waals surface area contributed by atoms with Crippen LogP contribution in [0.3, 0.4) is 0 Å². The van der Waals surface area contributed by atoms with E-state index in [2.05, 4.69) is 41.7 Å². The molecule has 13 heavy (non-hydrogen) atoms. The smallest absolute Gasteiger partial charge is 0.0963 e. The van der Waals surface area contributed by atoms with Gasteiger partial charge in [-0.05, 0) is 34.0 Å². The zero-order valence-electron chi connectivity index (χ0n) is 8.12. The van der Waals surface area contributed by atoms with E-state index in [1.165, 1.54) is 0 Å². The van der Waals surface area contributed by atoms with Gasteiger partial charge < -0.3 is 0 Å². The van der Waals surface area contributed by atoms with Crippen molar-refractivity contribution in [2.45, 2.75) is 31.0 Å². The van der Waals surface area contributed by atoms with Gasteiger partial charge >= 0.3 is 0 Å². The number of rotatable bonds is 3. The molecule has 0 aliphatic rings. The highest BCUT2D eigenvalue weighted by Crippen LogP contribution is 2.26. The van der Waals surface area contributed by atoms with Crippen molar-refractivity contribution in [1.29, 1.82) is 0 Å². The summed E-state index contributed by atoms with van der Waals surface area (Å²) in [7, 11) is 0. The molecule has 0 amide bonds. The van der Waals surface area contributed by atoms with E-state index in [1.807, 2.05) is 30.1 Å². The summed E-state index contributed by atoms with van der Waals surface area (Å²) in [5.74, 6) is 0.690. The molecule has 0 fully saturated rings. The third kappa shape index (κ3) is 3.69. The van der Waals surface area contributed by atoms with E-state index in [9.17, 15) is 0 Å². The van der Waals surface area contributed by atoms with Crippen molar-refractivity contribution in [3.63, 3.8) is 0 Å². The van der Waals surface area contributed by atoms with E-state index >= 15 is 0 Å². The van der Waals surface area contributed by atoms with E-state index in [0.717, 1.165) is 9.50 Å². The van der Waals surface area contributed by atoms with Crippen LogP contribution in [0, 0.1) is 5.92 Å². The van der Waals surface area contributed by atoms with Gasteiger partial charge in [-0.3, -0.25) is 0 Å². The lowest BCUT2D eigenvalue weighted by molar-refractivity contribution is 0.641. The fourth-order valence-electron chi connectivity index (χ4n) is 0.759. The minimum atomic E-state index is 0.619. The van der Waals surface area contributed by atoms with Crippen LogP contribution in [0.15, 0.2) is 27.8 Å². The molecule has 0 radical (unpaired) electrons. The Morgan fingerprint density at radius 1 is 1.31 bits per heavy atom. The summed E-state index contributed by atoms with van der Waals surface area (Å²) < 4.78 is 1.04. The molecule has 1 aromatic heterocycles. The maximum absolute atomic E-state index is 4.32. The molecule has 0 aliphatic carbocycles. The fourth-order valence-corrected chi connectivity index (χ4v) is 1.91. The van der Waals surface area contributed by atoms with E-state index in [1.54, 1.807) is 0 Å². The Labute approximate surface area is 92.5 Å². The molecule has 0 N–H and O–H groups in total. The van der Waals surface area contributed by atoms with Crippen molar-refractivity contribution in [2.24, 2.45) is 5.92 Å². The van der Waals surface area contributed by atoms with Crippen molar-refractivity contribution in [3.05, 3.63) is 22.8 Å². The van der Waals surface area contributed by atoms with Crippen molar-refractivity contribution >= 4 is 27.7 Å². The Balaban J connectivity index is 2.59. The van der Waals surface area contributed by atoms with Gasteiger partial charge in [-0.25, -0.2) is 4.98 Å². The van der Waals surface area contributed by atoms with Crippen molar-refractivity contribution in [2.75, 3.05) is 0 Å². The predicted octanol–water partition coefficient (Wildman–Crippen LogP) is 3.98. The molecule has 3 heteroatoms. The molecule has 0 aliphatic heterocycles. The summed E-state index contributed by atoms with van der Waals surface area (Å²) in [5.41, 5.74) is 0. The van der Waals surface area contributed by atoms with Crippen LogP contribution in [0.5, 0.6) is 0 Å². The molecule has 0 aromatic carbocycles. The van der Waals surface area contributed by atoms with Crippen molar-refractivity contribution in [3.8, 4) is 0 Å². The maximum atomic E-state index is 4.32. The quantitative estimate of drug-likeness (QED) is 0.762. The standard InChI is InChI=1S/C10H14BrNS/c1-7(2)8(3)13-10-5-4-9(11)6-12-10/h4-8H,1-3H3. The zero-order chi connectivity index (χ0) is 9.84. The van der Waals surface area contributed by atoms with Gasteiger partial charge in [-0.2, -0.15) is 0 Å². The monoisotopic (exact) mass is 259 g/mol. The van der Waals surface area contributed by atoms with E-state index in [0.29, 0.717) is 11.2 Å². The summed E-state index contributed by atoms with van der Waals surface area (Å²) in [6.07, 6.45) is 1.84. The molecule has 1 heterocycles. The Hall–Kier alpha value is -0.0200. The highest BCUT2D eigenvalue weighted by atomic mass is 79.9. The number of hydrogen-bond acceptors (Lipinski definition) is 2. The highest BCUT2D eigenvalue weighted by molar-refractivity contribution is 9.10. The Kier molecular flexibility index (Phi) is 4.26. The first-order valence-corrected chi connectivity index (χ1v) is 6.05. The summed E-state index contributed by atoms with van der Waals surface area (Å²) in [6.45, 7) is 6.70. The summed E-state index contributed by atoms with van der Waals surface area (Å²) in [6, 6.07) is 4.08. The minimum Gasteiger partial charge on any atom is -0.249 e. The molecule has 0 saturated heterocycles. The van der Waals surface area contributed by atoms with Crippen LogP contribution in [0.4, 0.5) is 0 Å². The van der Waals surface area contributed by atoms with E-state index in [4.69, 9.17) is 0 Å². The normalized spacial score (nSPS) is 13.3. The molecular weight excluding hydrogens is 246 g/mol. The number of halogens is 1. The SMILES string of the molecule is CC(C)C(C)Sc1ccc(Br)cn1.